The predicted octanol–water partition coefficient (Wildman–Crippen LogP) is 3.40. The van der Waals surface area contributed by atoms with Crippen molar-refractivity contribution in [2.45, 2.75) is 32.1 Å². The van der Waals surface area contributed by atoms with Crippen LogP contribution in [-0.2, 0) is 14.9 Å². The SMILES string of the molecule is COCC1(C(=O)NCC(C)(C)c2ccc(Cl)c(Cl)c2)CCNCC1. The van der Waals surface area contributed by atoms with Crippen LogP contribution in [0, 0.1) is 5.41 Å². The summed E-state index contributed by atoms with van der Waals surface area (Å²) >= 11 is 12.1. The Morgan fingerprint density at radius 3 is 2.54 bits per heavy atom. The van der Waals surface area contributed by atoms with Crippen molar-refractivity contribution in [1.29, 1.82) is 0 Å². The minimum atomic E-state index is -0.437. The van der Waals surface area contributed by atoms with Crippen LogP contribution < -0.4 is 10.6 Å². The number of rotatable bonds is 6. The topological polar surface area (TPSA) is 50.4 Å². The van der Waals surface area contributed by atoms with Gasteiger partial charge in [-0.3, -0.25) is 4.79 Å². The van der Waals surface area contributed by atoms with E-state index < -0.39 is 5.41 Å². The molecule has 2 rings (SSSR count). The second-order valence-corrected chi connectivity index (χ2v) is 7.97. The molecule has 0 radical (unpaired) electrons. The number of amides is 1. The molecule has 1 aliphatic rings. The lowest BCUT2D eigenvalue weighted by Crippen LogP contribution is -2.52. The molecule has 24 heavy (non-hydrogen) atoms. The van der Waals surface area contributed by atoms with Crippen molar-refractivity contribution in [3.8, 4) is 0 Å². The molecule has 1 heterocycles. The Balaban J connectivity index is 2.06. The van der Waals surface area contributed by atoms with Gasteiger partial charge in [-0.25, -0.2) is 0 Å². The highest BCUT2D eigenvalue weighted by Crippen LogP contribution is 2.32. The van der Waals surface area contributed by atoms with E-state index in [1.165, 1.54) is 0 Å². The van der Waals surface area contributed by atoms with E-state index in [2.05, 4.69) is 24.5 Å². The van der Waals surface area contributed by atoms with Crippen molar-refractivity contribution in [1.82, 2.24) is 10.6 Å². The number of nitrogens with one attached hydrogen (secondary N) is 2. The summed E-state index contributed by atoms with van der Waals surface area (Å²) in [5.74, 6) is 0.0685. The Bertz CT molecular complexity index is 579. The molecular weight excluding hydrogens is 347 g/mol. The number of carbonyl (C=O) groups is 1. The van der Waals surface area contributed by atoms with Gasteiger partial charge in [0.1, 0.15) is 0 Å². The minimum Gasteiger partial charge on any atom is -0.384 e. The molecule has 0 aromatic heterocycles. The fraction of sp³-hybridized carbons (Fsp3) is 0.611. The van der Waals surface area contributed by atoms with E-state index >= 15 is 0 Å². The normalized spacial score (nSPS) is 17.5. The molecule has 0 unspecified atom stereocenters. The maximum Gasteiger partial charge on any atom is 0.228 e. The summed E-state index contributed by atoms with van der Waals surface area (Å²) in [7, 11) is 1.65. The van der Waals surface area contributed by atoms with E-state index in [4.69, 9.17) is 27.9 Å². The third-order valence-electron chi connectivity index (χ3n) is 4.85. The first-order valence-corrected chi connectivity index (χ1v) is 9.00. The van der Waals surface area contributed by atoms with E-state index in [0.717, 1.165) is 31.5 Å². The van der Waals surface area contributed by atoms with Crippen LogP contribution in [0.5, 0.6) is 0 Å². The highest BCUT2D eigenvalue weighted by Gasteiger charge is 2.40. The van der Waals surface area contributed by atoms with Crippen LogP contribution in [0.2, 0.25) is 10.0 Å². The Morgan fingerprint density at radius 1 is 1.29 bits per heavy atom. The van der Waals surface area contributed by atoms with E-state index in [1.807, 2.05) is 12.1 Å². The molecule has 0 spiro atoms. The van der Waals surface area contributed by atoms with Crippen LogP contribution >= 0.6 is 23.2 Å². The summed E-state index contributed by atoms with van der Waals surface area (Å²) in [4.78, 5) is 12.8. The fourth-order valence-corrected chi connectivity index (χ4v) is 3.42. The standard InChI is InChI=1S/C18H26Cl2N2O2/c1-17(2,13-4-5-14(19)15(20)10-13)11-22-16(23)18(12-24-3)6-8-21-9-7-18/h4-5,10,21H,6-9,11-12H2,1-3H3,(H,22,23). The van der Waals surface area contributed by atoms with Crippen LogP contribution in [0.25, 0.3) is 0 Å². The van der Waals surface area contributed by atoms with Gasteiger partial charge in [0, 0.05) is 19.1 Å². The lowest BCUT2D eigenvalue weighted by molar-refractivity contribution is -0.136. The molecule has 2 N–H and O–H groups in total. The molecule has 0 atom stereocenters. The van der Waals surface area contributed by atoms with Gasteiger partial charge >= 0.3 is 0 Å². The zero-order valence-electron chi connectivity index (χ0n) is 14.5. The van der Waals surface area contributed by atoms with Gasteiger partial charge in [0.15, 0.2) is 0 Å². The third-order valence-corrected chi connectivity index (χ3v) is 5.59. The molecular formula is C18H26Cl2N2O2. The van der Waals surface area contributed by atoms with Gasteiger partial charge in [0.05, 0.1) is 22.1 Å². The predicted molar refractivity (Wildman–Crippen MR) is 98.9 cm³/mol. The molecule has 1 fully saturated rings. The first kappa shape index (κ1) is 19.5. The van der Waals surface area contributed by atoms with Gasteiger partial charge in [0.2, 0.25) is 5.91 Å². The van der Waals surface area contributed by atoms with E-state index in [0.29, 0.717) is 23.2 Å². The molecule has 1 aromatic rings. The maximum atomic E-state index is 12.8. The van der Waals surface area contributed by atoms with Crippen LogP contribution in [0.15, 0.2) is 18.2 Å². The van der Waals surface area contributed by atoms with Crippen molar-refractivity contribution < 1.29 is 9.53 Å². The van der Waals surface area contributed by atoms with Crippen molar-refractivity contribution in [3.05, 3.63) is 33.8 Å². The van der Waals surface area contributed by atoms with Gasteiger partial charge in [-0.15, -0.1) is 0 Å². The van der Waals surface area contributed by atoms with Crippen LogP contribution in [0.3, 0.4) is 0 Å². The molecule has 4 nitrogen and oxygen atoms in total. The lowest BCUT2D eigenvalue weighted by atomic mass is 9.78. The number of methoxy groups -OCH3 is 1. The summed E-state index contributed by atoms with van der Waals surface area (Å²) in [5.41, 5.74) is 0.363. The van der Waals surface area contributed by atoms with E-state index in [-0.39, 0.29) is 11.3 Å². The summed E-state index contributed by atoms with van der Waals surface area (Å²) in [6.45, 7) is 6.83. The van der Waals surface area contributed by atoms with Crippen LogP contribution in [0.4, 0.5) is 0 Å². The molecule has 0 aliphatic carbocycles. The molecule has 6 heteroatoms. The zero-order valence-corrected chi connectivity index (χ0v) is 16.1. The van der Waals surface area contributed by atoms with Crippen molar-refractivity contribution >= 4 is 29.1 Å². The molecule has 0 bridgehead atoms. The molecule has 0 saturated carbocycles. The number of piperidine rings is 1. The largest absolute Gasteiger partial charge is 0.384 e. The first-order chi connectivity index (χ1) is 11.3. The number of ether oxygens (including phenoxy) is 1. The quantitative estimate of drug-likeness (QED) is 0.804. The number of hydrogen-bond acceptors (Lipinski definition) is 3. The molecule has 1 aliphatic heterocycles. The lowest BCUT2D eigenvalue weighted by Gasteiger charge is -2.37. The van der Waals surface area contributed by atoms with Crippen molar-refractivity contribution in [2.75, 3.05) is 33.4 Å². The summed E-state index contributed by atoms with van der Waals surface area (Å²) in [5, 5.41) is 7.49. The Hall–Kier alpha value is -0.810. The fourth-order valence-electron chi connectivity index (χ4n) is 3.13. The van der Waals surface area contributed by atoms with Gasteiger partial charge < -0.3 is 15.4 Å². The number of carbonyl (C=O) groups excluding carboxylic acids is 1. The van der Waals surface area contributed by atoms with Gasteiger partial charge in [-0.1, -0.05) is 43.1 Å². The molecule has 1 saturated heterocycles. The van der Waals surface area contributed by atoms with Gasteiger partial charge in [-0.05, 0) is 43.6 Å². The van der Waals surface area contributed by atoms with Gasteiger partial charge in [-0.2, -0.15) is 0 Å². The van der Waals surface area contributed by atoms with Gasteiger partial charge in [0.25, 0.3) is 0 Å². The first-order valence-electron chi connectivity index (χ1n) is 8.24. The summed E-state index contributed by atoms with van der Waals surface area (Å²) < 4.78 is 5.33. The van der Waals surface area contributed by atoms with Crippen LogP contribution in [0.1, 0.15) is 32.3 Å². The van der Waals surface area contributed by atoms with Crippen molar-refractivity contribution in [3.63, 3.8) is 0 Å². The Kier molecular flexibility index (Phi) is 6.54. The second-order valence-electron chi connectivity index (χ2n) is 7.16. The highest BCUT2D eigenvalue weighted by atomic mass is 35.5. The number of halogens is 2. The Morgan fingerprint density at radius 2 is 1.96 bits per heavy atom. The monoisotopic (exact) mass is 372 g/mol. The third kappa shape index (κ3) is 4.42. The molecule has 1 aromatic carbocycles. The maximum absolute atomic E-state index is 12.8. The van der Waals surface area contributed by atoms with E-state index in [1.54, 1.807) is 13.2 Å². The zero-order chi connectivity index (χ0) is 17.8. The smallest absolute Gasteiger partial charge is 0.228 e. The summed E-state index contributed by atoms with van der Waals surface area (Å²) in [6, 6.07) is 5.61. The van der Waals surface area contributed by atoms with E-state index in [9.17, 15) is 4.79 Å². The summed E-state index contributed by atoms with van der Waals surface area (Å²) in [6.07, 6.45) is 1.58. The highest BCUT2D eigenvalue weighted by molar-refractivity contribution is 6.42. The average molecular weight is 373 g/mol. The Labute approximate surface area is 154 Å². The van der Waals surface area contributed by atoms with Crippen molar-refractivity contribution in [2.24, 2.45) is 5.41 Å². The molecule has 134 valence electrons. The number of hydrogen-bond donors (Lipinski definition) is 2. The molecule has 1 amide bonds. The van der Waals surface area contributed by atoms with Crippen LogP contribution in [-0.4, -0.2) is 39.3 Å². The second kappa shape index (κ2) is 8.05. The minimum absolute atomic E-state index is 0.0685. The number of benzene rings is 1. The average Bonchev–Trinajstić information content (AvgIpc) is 2.56.